The molecule has 0 aliphatic heterocycles. The smallest absolute Gasteiger partial charge is 0.163 e. The Morgan fingerprint density at radius 3 is 3.12 bits per heavy atom. The first-order valence-electron chi connectivity index (χ1n) is 5.55. The van der Waals surface area contributed by atoms with Crippen molar-refractivity contribution in [3.05, 3.63) is 24.0 Å². The summed E-state index contributed by atoms with van der Waals surface area (Å²) < 4.78 is 5.40. The predicted molar refractivity (Wildman–Crippen MR) is 63.2 cm³/mol. The summed E-state index contributed by atoms with van der Waals surface area (Å²) in [4.78, 5) is 3.96. The van der Waals surface area contributed by atoms with Gasteiger partial charge in [-0.05, 0) is 18.6 Å². The highest BCUT2D eigenvalue weighted by atomic mass is 16.5. The minimum absolute atomic E-state index is 0.427. The van der Waals surface area contributed by atoms with Crippen molar-refractivity contribution in [1.82, 2.24) is 4.98 Å². The second-order valence-electron chi connectivity index (χ2n) is 3.40. The first-order chi connectivity index (χ1) is 7.88. The van der Waals surface area contributed by atoms with Crippen LogP contribution in [0.1, 0.15) is 25.5 Å². The van der Waals surface area contributed by atoms with E-state index in [4.69, 9.17) is 10.00 Å². The first-order valence-corrected chi connectivity index (χ1v) is 5.55. The topological polar surface area (TPSA) is 57.9 Å². The van der Waals surface area contributed by atoms with Crippen LogP contribution in [0.5, 0.6) is 0 Å². The van der Waals surface area contributed by atoms with E-state index >= 15 is 0 Å². The average Bonchev–Trinajstić information content (AvgIpc) is 2.34. The van der Waals surface area contributed by atoms with Gasteiger partial charge in [0.25, 0.3) is 0 Å². The molecular formula is C12H17N3O. The Morgan fingerprint density at radius 2 is 2.38 bits per heavy atom. The van der Waals surface area contributed by atoms with Gasteiger partial charge in [0.1, 0.15) is 6.07 Å². The van der Waals surface area contributed by atoms with Crippen LogP contribution in [-0.2, 0) is 4.74 Å². The minimum atomic E-state index is 0.427. The van der Waals surface area contributed by atoms with Crippen LogP contribution in [0.15, 0.2) is 18.3 Å². The van der Waals surface area contributed by atoms with Gasteiger partial charge in [-0.25, -0.2) is 4.98 Å². The Labute approximate surface area is 96.3 Å². The van der Waals surface area contributed by atoms with Crippen molar-refractivity contribution in [2.24, 2.45) is 0 Å². The van der Waals surface area contributed by atoms with Crippen LogP contribution in [-0.4, -0.2) is 24.7 Å². The van der Waals surface area contributed by atoms with E-state index in [1.165, 1.54) is 0 Å². The molecule has 1 N–H and O–H groups in total. The fraction of sp³-hybridized carbons (Fsp3) is 0.500. The van der Waals surface area contributed by atoms with Crippen molar-refractivity contribution in [2.45, 2.75) is 19.8 Å². The molecule has 0 radical (unpaired) electrons. The largest absolute Gasteiger partial charge is 0.380 e. The molecule has 86 valence electrons. The van der Waals surface area contributed by atoms with E-state index < -0.39 is 0 Å². The summed E-state index contributed by atoms with van der Waals surface area (Å²) in [5.41, 5.74) is 1.19. The standard InChI is InChI=1S/C12H17N3O/c1-2-3-8-16-9-7-15-11-5-4-6-14-12(11)10-13/h4-6,15H,2-3,7-9H2,1H3. The van der Waals surface area contributed by atoms with Crippen molar-refractivity contribution >= 4 is 5.69 Å². The van der Waals surface area contributed by atoms with Gasteiger partial charge in [0.05, 0.1) is 12.3 Å². The lowest BCUT2D eigenvalue weighted by Gasteiger charge is -2.07. The van der Waals surface area contributed by atoms with Crippen LogP contribution in [0, 0.1) is 11.3 Å². The van der Waals surface area contributed by atoms with Gasteiger partial charge in [-0.15, -0.1) is 0 Å². The fourth-order valence-corrected chi connectivity index (χ4v) is 1.24. The summed E-state index contributed by atoms with van der Waals surface area (Å²) in [6, 6.07) is 5.69. The number of nitrogens with zero attached hydrogens (tertiary/aromatic N) is 2. The number of rotatable bonds is 7. The number of nitriles is 1. The molecule has 0 saturated heterocycles. The number of unbranched alkanes of at least 4 members (excludes halogenated alkanes) is 1. The van der Waals surface area contributed by atoms with E-state index in [0.29, 0.717) is 18.8 Å². The van der Waals surface area contributed by atoms with Gasteiger partial charge in [-0.1, -0.05) is 13.3 Å². The maximum Gasteiger partial charge on any atom is 0.163 e. The molecule has 1 aromatic heterocycles. The monoisotopic (exact) mass is 219 g/mol. The number of anilines is 1. The average molecular weight is 219 g/mol. The number of ether oxygens (including phenoxy) is 1. The van der Waals surface area contributed by atoms with Gasteiger partial charge >= 0.3 is 0 Å². The second-order valence-corrected chi connectivity index (χ2v) is 3.40. The van der Waals surface area contributed by atoms with Gasteiger partial charge in [-0.2, -0.15) is 5.26 Å². The Balaban J connectivity index is 2.24. The summed E-state index contributed by atoms with van der Waals surface area (Å²) in [5, 5.41) is 11.9. The molecule has 0 saturated carbocycles. The SMILES string of the molecule is CCCCOCCNc1cccnc1C#N. The van der Waals surface area contributed by atoms with Gasteiger partial charge in [-0.3, -0.25) is 0 Å². The highest BCUT2D eigenvalue weighted by Gasteiger charge is 2.00. The molecule has 0 aliphatic rings. The maximum atomic E-state index is 8.81. The van der Waals surface area contributed by atoms with Crippen molar-refractivity contribution in [1.29, 1.82) is 5.26 Å². The van der Waals surface area contributed by atoms with Gasteiger partial charge in [0.2, 0.25) is 0 Å². The molecule has 4 heteroatoms. The van der Waals surface area contributed by atoms with E-state index in [1.807, 2.05) is 12.1 Å². The zero-order valence-corrected chi connectivity index (χ0v) is 9.57. The summed E-state index contributed by atoms with van der Waals surface area (Å²) >= 11 is 0. The molecule has 1 heterocycles. The number of nitrogens with one attached hydrogen (secondary N) is 1. The highest BCUT2D eigenvalue weighted by Crippen LogP contribution is 2.09. The fourth-order valence-electron chi connectivity index (χ4n) is 1.24. The van der Waals surface area contributed by atoms with E-state index in [0.717, 1.165) is 25.1 Å². The predicted octanol–water partition coefficient (Wildman–Crippen LogP) is 2.18. The molecule has 0 fully saturated rings. The molecular weight excluding hydrogens is 202 g/mol. The zero-order chi connectivity index (χ0) is 11.6. The second kappa shape index (κ2) is 7.66. The van der Waals surface area contributed by atoms with Crippen LogP contribution in [0.4, 0.5) is 5.69 Å². The number of aromatic nitrogens is 1. The Morgan fingerprint density at radius 1 is 1.50 bits per heavy atom. The van der Waals surface area contributed by atoms with Crippen LogP contribution in [0.3, 0.4) is 0 Å². The molecule has 0 bridgehead atoms. The summed E-state index contributed by atoms with van der Waals surface area (Å²) in [6.07, 6.45) is 3.85. The molecule has 0 aliphatic carbocycles. The Kier molecular flexibility index (Phi) is 5.97. The Bertz CT molecular complexity index is 346. The summed E-state index contributed by atoms with van der Waals surface area (Å²) in [7, 11) is 0. The number of hydrogen-bond donors (Lipinski definition) is 1. The normalized spacial score (nSPS) is 9.75. The lowest BCUT2D eigenvalue weighted by Crippen LogP contribution is -2.11. The molecule has 0 spiro atoms. The van der Waals surface area contributed by atoms with E-state index in [1.54, 1.807) is 12.3 Å². The lowest BCUT2D eigenvalue weighted by atomic mass is 10.3. The Hall–Kier alpha value is -1.60. The molecule has 4 nitrogen and oxygen atoms in total. The van der Waals surface area contributed by atoms with Crippen LogP contribution < -0.4 is 5.32 Å². The van der Waals surface area contributed by atoms with Gasteiger partial charge in [0.15, 0.2) is 5.69 Å². The van der Waals surface area contributed by atoms with E-state index in [9.17, 15) is 0 Å². The van der Waals surface area contributed by atoms with Crippen molar-refractivity contribution < 1.29 is 4.74 Å². The van der Waals surface area contributed by atoms with E-state index in [-0.39, 0.29) is 0 Å². The summed E-state index contributed by atoms with van der Waals surface area (Å²) in [5.74, 6) is 0. The minimum Gasteiger partial charge on any atom is -0.380 e. The first kappa shape index (κ1) is 12.5. The molecule has 16 heavy (non-hydrogen) atoms. The number of hydrogen-bond acceptors (Lipinski definition) is 4. The third-order valence-corrected chi connectivity index (χ3v) is 2.12. The lowest BCUT2D eigenvalue weighted by molar-refractivity contribution is 0.141. The number of pyridine rings is 1. The van der Waals surface area contributed by atoms with Crippen LogP contribution in [0.25, 0.3) is 0 Å². The molecule has 0 unspecified atom stereocenters. The molecule has 1 aromatic rings. The van der Waals surface area contributed by atoms with Crippen molar-refractivity contribution in [2.75, 3.05) is 25.1 Å². The molecule has 0 amide bonds. The quantitative estimate of drug-likeness (QED) is 0.714. The van der Waals surface area contributed by atoms with Crippen molar-refractivity contribution in [3.8, 4) is 6.07 Å². The van der Waals surface area contributed by atoms with E-state index in [2.05, 4.69) is 17.2 Å². The highest BCUT2D eigenvalue weighted by molar-refractivity contribution is 5.53. The molecule has 0 aromatic carbocycles. The third kappa shape index (κ3) is 4.28. The zero-order valence-electron chi connectivity index (χ0n) is 9.57. The van der Waals surface area contributed by atoms with Gasteiger partial charge < -0.3 is 10.1 Å². The summed E-state index contributed by atoms with van der Waals surface area (Å²) in [6.45, 7) is 4.29. The third-order valence-electron chi connectivity index (χ3n) is 2.12. The molecule has 1 rings (SSSR count). The molecule has 0 atom stereocenters. The van der Waals surface area contributed by atoms with Gasteiger partial charge in [0, 0.05) is 19.3 Å². The van der Waals surface area contributed by atoms with Crippen LogP contribution in [0.2, 0.25) is 0 Å². The maximum absolute atomic E-state index is 8.81. The van der Waals surface area contributed by atoms with Crippen LogP contribution >= 0.6 is 0 Å². The van der Waals surface area contributed by atoms with Crippen molar-refractivity contribution in [3.63, 3.8) is 0 Å².